The van der Waals surface area contributed by atoms with Crippen LogP contribution < -0.4 is 0 Å². The number of nitrogens with zero attached hydrogens (tertiary/aromatic N) is 1. The first-order chi connectivity index (χ1) is 11.7. The van der Waals surface area contributed by atoms with Gasteiger partial charge in [-0.15, -0.1) is 0 Å². The predicted octanol–water partition coefficient (Wildman–Crippen LogP) is 6.58. The average Bonchev–Trinajstić information content (AvgIpc) is 3.13. The van der Waals surface area contributed by atoms with Gasteiger partial charge in [-0.2, -0.15) is 0 Å². The highest BCUT2D eigenvalue weighted by Gasteiger charge is 2.25. The topological polar surface area (TPSA) is 20.3 Å². The zero-order valence-electron chi connectivity index (χ0n) is 16.8. The van der Waals surface area contributed by atoms with Crippen LogP contribution in [0.15, 0.2) is 0 Å². The largest absolute Gasteiger partial charge is 0.342 e. The lowest BCUT2D eigenvalue weighted by Gasteiger charge is -2.23. The van der Waals surface area contributed by atoms with Gasteiger partial charge in [0, 0.05) is 19.0 Å². The number of unbranched alkanes of at least 4 members (excludes halogenated alkanes) is 4. The van der Waals surface area contributed by atoms with Crippen LogP contribution in [0.25, 0.3) is 0 Å². The van der Waals surface area contributed by atoms with Crippen LogP contribution in [-0.2, 0) is 4.79 Å². The first kappa shape index (κ1) is 21.5. The van der Waals surface area contributed by atoms with E-state index in [-0.39, 0.29) is 0 Å². The Kier molecular flexibility index (Phi) is 12.3. The summed E-state index contributed by atoms with van der Waals surface area (Å²) in [6, 6.07) is 0. The third-order valence-corrected chi connectivity index (χ3v) is 5.88. The van der Waals surface area contributed by atoms with Crippen LogP contribution in [-0.4, -0.2) is 23.9 Å². The van der Waals surface area contributed by atoms with Crippen molar-refractivity contribution in [1.82, 2.24) is 4.90 Å². The summed E-state index contributed by atoms with van der Waals surface area (Å²) in [5.74, 6) is 1.70. The zero-order chi connectivity index (χ0) is 17.6. The van der Waals surface area contributed by atoms with Gasteiger partial charge in [0.25, 0.3) is 0 Å². The van der Waals surface area contributed by atoms with Gasteiger partial charge in [-0.3, -0.25) is 4.79 Å². The first-order valence-corrected chi connectivity index (χ1v) is 11.0. The molecule has 2 nitrogen and oxygen atoms in total. The monoisotopic (exact) mass is 337 g/mol. The van der Waals surface area contributed by atoms with Crippen molar-refractivity contribution in [2.75, 3.05) is 13.1 Å². The van der Waals surface area contributed by atoms with Crippen molar-refractivity contribution >= 4 is 5.91 Å². The minimum absolute atomic E-state index is 0.311. The summed E-state index contributed by atoms with van der Waals surface area (Å²) in [5, 5.41) is 0. The molecule has 1 aliphatic rings. The van der Waals surface area contributed by atoms with Crippen LogP contribution in [0.1, 0.15) is 111 Å². The fraction of sp³-hybridized carbons (Fsp3) is 0.955. The highest BCUT2D eigenvalue weighted by atomic mass is 16.2. The highest BCUT2D eigenvalue weighted by Crippen LogP contribution is 2.25. The Hall–Kier alpha value is -0.530. The lowest BCUT2D eigenvalue weighted by molar-refractivity contribution is -0.135. The Morgan fingerprint density at radius 2 is 1.33 bits per heavy atom. The normalized spacial score (nSPS) is 17.2. The van der Waals surface area contributed by atoms with E-state index in [2.05, 4.69) is 25.7 Å². The van der Waals surface area contributed by atoms with E-state index in [9.17, 15) is 4.79 Å². The molecule has 0 aliphatic carbocycles. The van der Waals surface area contributed by atoms with Crippen molar-refractivity contribution in [2.24, 2.45) is 11.8 Å². The Bertz CT molecular complexity index is 309. The first-order valence-electron chi connectivity index (χ1n) is 11.0. The fourth-order valence-electron chi connectivity index (χ4n) is 4.10. The molecule has 1 fully saturated rings. The van der Waals surface area contributed by atoms with Crippen molar-refractivity contribution in [2.45, 2.75) is 111 Å². The zero-order valence-corrected chi connectivity index (χ0v) is 16.8. The van der Waals surface area contributed by atoms with Gasteiger partial charge in [-0.1, -0.05) is 85.0 Å². The van der Waals surface area contributed by atoms with Gasteiger partial charge in [0.15, 0.2) is 0 Å². The summed E-state index contributed by atoms with van der Waals surface area (Å²) in [5.41, 5.74) is 0. The van der Waals surface area contributed by atoms with Gasteiger partial charge in [0.05, 0.1) is 0 Å². The third kappa shape index (κ3) is 8.53. The molecule has 2 atom stereocenters. The van der Waals surface area contributed by atoms with E-state index in [0.717, 1.165) is 31.8 Å². The fourth-order valence-corrected chi connectivity index (χ4v) is 4.10. The van der Waals surface area contributed by atoms with Gasteiger partial charge in [-0.05, 0) is 31.6 Å². The van der Waals surface area contributed by atoms with Crippen molar-refractivity contribution in [3.05, 3.63) is 0 Å². The Labute approximate surface area is 151 Å². The Balaban J connectivity index is 2.33. The van der Waals surface area contributed by atoms with Gasteiger partial charge < -0.3 is 4.90 Å². The maximum atomic E-state index is 12.8. The van der Waals surface area contributed by atoms with E-state index < -0.39 is 0 Å². The summed E-state index contributed by atoms with van der Waals surface area (Å²) >= 11 is 0. The lowest BCUT2D eigenvalue weighted by atomic mass is 9.90. The number of hydrogen-bond acceptors (Lipinski definition) is 1. The van der Waals surface area contributed by atoms with E-state index in [1.54, 1.807) is 0 Å². The average molecular weight is 338 g/mol. The van der Waals surface area contributed by atoms with E-state index in [1.165, 1.54) is 77.0 Å². The summed E-state index contributed by atoms with van der Waals surface area (Å²) in [6.07, 6.45) is 17.8. The second-order valence-corrected chi connectivity index (χ2v) is 7.93. The van der Waals surface area contributed by atoms with Crippen LogP contribution in [0, 0.1) is 11.8 Å². The minimum atomic E-state index is 0.311. The number of hydrogen-bond donors (Lipinski definition) is 0. The van der Waals surface area contributed by atoms with E-state index in [0.29, 0.717) is 11.8 Å². The molecule has 2 unspecified atom stereocenters. The van der Waals surface area contributed by atoms with E-state index in [1.807, 2.05) is 0 Å². The molecule has 24 heavy (non-hydrogen) atoms. The van der Waals surface area contributed by atoms with Crippen LogP contribution in [0.5, 0.6) is 0 Å². The van der Waals surface area contributed by atoms with E-state index >= 15 is 0 Å². The number of carbonyl (C=O) groups excluding carboxylic acids is 1. The molecule has 0 N–H and O–H groups in total. The third-order valence-electron chi connectivity index (χ3n) is 5.88. The molecule has 0 aromatic rings. The molecular weight excluding hydrogens is 294 g/mol. The van der Waals surface area contributed by atoms with Crippen LogP contribution in [0.2, 0.25) is 0 Å². The molecule has 1 rings (SSSR count). The summed E-state index contributed by atoms with van der Waals surface area (Å²) in [4.78, 5) is 14.9. The molecule has 1 saturated heterocycles. The molecule has 0 bridgehead atoms. The van der Waals surface area contributed by atoms with Crippen molar-refractivity contribution < 1.29 is 4.79 Å². The Morgan fingerprint density at radius 3 is 1.92 bits per heavy atom. The molecule has 0 aromatic heterocycles. The van der Waals surface area contributed by atoms with Gasteiger partial charge >= 0.3 is 0 Å². The molecule has 1 heterocycles. The smallest absolute Gasteiger partial charge is 0.225 e. The molecular formula is C22H43NO. The van der Waals surface area contributed by atoms with Crippen molar-refractivity contribution in [1.29, 1.82) is 0 Å². The highest BCUT2D eigenvalue weighted by molar-refractivity contribution is 5.79. The molecule has 142 valence electrons. The number of carbonyl (C=O) groups is 1. The van der Waals surface area contributed by atoms with E-state index in [4.69, 9.17) is 0 Å². The van der Waals surface area contributed by atoms with Crippen LogP contribution in [0.3, 0.4) is 0 Å². The standard InChI is InChI=1S/C22H43NO/c1-4-7-9-16-21(22(24)23-18-12-13-19-23)17-11-10-15-20(6-3)14-8-5-2/h20-21H,4-19H2,1-3H3. The quantitative estimate of drug-likeness (QED) is 0.328. The lowest BCUT2D eigenvalue weighted by Crippen LogP contribution is -2.33. The number of rotatable bonds is 14. The SMILES string of the molecule is CCCCCC(CCCCC(CC)CCCC)C(=O)N1CCCC1. The minimum Gasteiger partial charge on any atom is -0.342 e. The predicted molar refractivity (Wildman–Crippen MR) is 105 cm³/mol. The second kappa shape index (κ2) is 13.7. The van der Waals surface area contributed by atoms with Crippen molar-refractivity contribution in [3.63, 3.8) is 0 Å². The van der Waals surface area contributed by atoms with Gasteiger partial charge in [-0.25, -0.2) is 0 Å². The molecule has 0 radical (unpaired) electrons. The molecule has 0 saturated carbocycles. The maximum Gasteiger partial charge on any atom is 0.225 e. The molecule has 0 spiro atoms. The van der Waals surface area contributed by atoms with Gasteiger partial charge in [0.1, 0.15) is 0 Å². The Morgan fingerprint density at radius 1 is 0.792 bits per heavy atom. The molecule has 0 aromatic carbocycles. The summed E-state index contributed by atoms with van der Waals surface area (Å²) < 4.78 is 0. The van der Waals surface area contributed by atoms with Crippen LogP contribution in [0.4, 0.5) is 0 Å². The van der Waals surface area contributed by atoms with Crippen molar-refractivity contribution in [3.8, 4) is 0 Å². The molecule has 1 amide bonds. The number of likely N-dealkylation sites (tertiary alicyclic amines) is 1. The summed E-state index contributed by atoms with van der Waals surface area (Å²) in [6.45, 7) is 8.90. The number of amides is 1. The summed E-state index contributed by atoms with van der Waals surface area (Å²) in [7, 11) is 0. The van der Waals surface area contributed by atoms with Crippen LogP contribution >= 0.6 is 0 Å². The molecule has 2 heteroatoms. The van der Waals surface area contributed by atoms with Gasteiger partial charge in [0.2, 0.25) is 5.91 Å². The maximum absolute atomic E-state index is 12.8. The molecule has 1 aliphatic heterocycles. The second-order valence-electron chi connectivity index (χ2n) is 7.93.